The van der Waals surface area contributed by atoms with Gasteiger partial charge in [-0.15, -0.1) is 0 Å². The van der Waals surface area contributed by atoms with Crippen LogP contribution in [-0.2, 0) is 17.6 Å². The van der Waals surface area contributed by atoms with Gasteiger partial charge in [-0.25, -0.2) is 0 Å². The maximum Gasteiger partial charge on any atom is 0.231 e. The van der Waals surface area contributed by atoms with Crippen molar-refractivity contribution in [2.75, 3.05) is 25.1 Å². The first-order valence-corrected chi connectivity index (χ1v) is 11.2. The third kappa shape index (κ3) is 4.54. The van der Waals surface area contributed by atoms with E-state index in [1.807, 2.05) is 47.0 Å². The first kappa shape index (κ1) is 18.5. The van der Waals surface area contributed by atoms with Gasteiger partial charge in [0, 0.05) is 19.5 Å². The molecule has 1 aliphatic heterocycles. The molecule has 1 unspecified atom stereocenters. The summed E-state index contributed by atoms with van der Waals surface area (Å²) in [5, 5.41) is 4.24. The highest BCUT2D eigenvalue weighted by Gasteiger charge is 2.43. The Balaban J connectivity index is 1.36. The topological polar surface area (TPSA) is 59.2 Å². The molecule has 0 spiro atoms. The molecule has 1 aliphatic carbocycles. The summed E-state index contributed by atoms with van der Waals surface area (Å²) in [5.41, 5.74) is 1.46. The van der Waals surface area contributed by atoms with Crippen LogP contribution in [0.5, 0.6) is 0 Å². The summed E-state index contributed by atoms with van der Waals surface area (Å²) in [7, 11) is 0. The molecule has 1 aromatic heterocycles. The molecule has 1 saturated carbocycles. The van der Waals surface area contributed by atoms with Crippen molar-refractivity contribution in [2.24, 2.45) is 5.41 Å². The molecule has 5 nitrogen and oxygen atoms in total. The second-order valence-electron chi connectivity index (χ2n) is 8.00. The quantitative estimate of drug-likeness (QED) is 0.727. The summed E-state index contributed by atoms with van der Waals surface area (Å²) in [6.45, 7) is 1.50. The minimum atomic E-state index is 0.162. The molecular weight excluding hydrogens is 358 g/mol. The largest absolute Gasteiger partial charge is 0.342 e. The lowest BCUT2D eigenvalue weighted by atomic mass is 9.97. The average Bonchev–Trinajstić information content (AvgIpc) is 3.28. The van der Waals surface area contributed by atoms with E-state index in [2.05, 4.69) is 11.4 Å². The van der Waals surface area contributed by atoms with Gasteiger partial charge in [-0.05, 0) is 48.7 Å². The molecule has 4 rings (SSSR count). The smallest absolute Gasteiger partial charge is 0.231 e. The van der Waals surface area contributed by atoms with Crippen molar-refractivity contribution >= 4 is 17.7 Å². The Kier molecular flexibility index (Phi) is 5.53. The van der Waals surface area contributed by atoms with E-state index < -0.39 is 0 Å². The number of likely N-dealkylation sites (tertiary alicyclic amines) is 1. The second-order valence-corrected chi connectivity index (χ2v) is 8.87. The maximum absolute atomic E-state index is 12.7. The molecule has 1 atom stereocenters. The Hall–Kier alpha value is -1.82. The van der Waals surface area contributed by atoms with Crippen molar-refractivity contribution < 1.29 is 9.32 Å². The summed E-state index contributed by atoms with van der Waals surface area (Å²) < 4.78 is 5.60. The van der Waals surface area contributed by atoms with E-state index in [4.69, 9.17) is 9.51 Å². The lowest BCUT2D eigenvalue weighted by molar-refractivity contribution is -0.131. The Morgan fingerprint density at radius 2 is 2.15 bits per heavy atom. The van der Waals surface area contributed by atoms with E-state index in [1.54, 1.807) is 0 Å². The summed E-state index contributed by atoms with van der Waals surface area (Å²) >= 11 is 1.90. The van der Waals surface area contributed by atoms with Gasteiger partial charge in [0.15, 0.2) is 5.82 Å². The van der Waals surface area contributed by atoms with Crippen molar-refractivity contribution in [1.29, 1.82) is 0 Å². The zero-order valence-corrected chi connectivity index (χ0v) is 16.7. The van der Waals surface area contributed by atoms with Crippen LogP contribution in [0.15, 0.2) is 34.9 Å². The Labute approximate surface area is 164 Å². The minimum absolute atomic E-state index is 0.162. The van der Waals surface area contributed by atoms with Gasteiger partial charge in [0.1, 0.15) is 0 Å². The van der Waals surface area contributed by atoms with E-state index in [-0.39, 0.29) is 11.8 Å². The fraction of sp³-hybridized carbons (Fsp3) is 0.571. The van der Waals surface area contributed by atoms with Crippen LogP contribution in [0.1, 0.15) is 48.9 Å². The number of piperidine rings is 1. The molecule has 27 heavy (non-hydrogen) atoms. The summed E-state index contributed by atoms with van der Waals surface area (Å²) in [4.78, 5) is 19.3. The normalized spacial score (nSPS) is 21.2. The van der Waals surface area contributed by atoms with Gasteiger partial charge in [-0.2, -0.15) is 16.7 Å². The third-order valence-corrected chi connectivity index (χ3v) is 6.65. The molecule has 2 aliphatic rings. The molecule has 6 heteroatoms. The van der Waals surface area contributed by atoms with Gasteiger partial charge in [0.2, 0.25) is 11.8 Å². The molecule has 0 radical (unpaired) electrons. The minimum Gasteiger partial charge on any atom is -0.342 e. The molecule has 0 bridgehead atoms. The number of rotatable bonds is 7. The van der Waals surface area contributed by atoms with Gasteiger partial charge in [0.05, 0.1) is 12.3 Å². The summed E-state index contributed by atoms with van der Waals surface area (Å²) in [6, 6.07) is 9.94. The van der Waals surface area contributed by atoms with Crippen molar-refractivity contribution in [1.82, 2.24) is 15.0 Å². The van der Waals surface area contributed by atoms with Crippen LogP contribution in [0, 0.1) is 5.41 Å². The molecule has 144 valence electrons. The zero-order valence-electron chi connectivity index (χ0n) is 15.9. The highest BCUT2D eigenvalue weighted by atomic mass is 32.2. The third-order valence-electron chi connectivity index (χ3n) is 5.75. The van der Waals surface area contributed by atoms with Gasteiger partial charge in [-0.1, -0.05) is 35.5 Å². The highest BCUT2D eigenvalue weighted by Crippen LogP contribution is 2.50. The molecular formula is C21H27N3O2S. The van der Waals surface area contributed by atoms with Crippen LogP contribution < -0.4 is 0 Å². The zero-order chi connectivity index (χ0) is 18.7. The number of hydrogen-bond acceptors (Lipinski definition) is 5. The number of hydrogen-bond donors (Lipinski definition) is 0. The van der Waals surface area contributed by atoms with Crippen molar-refractivity contribution in [3.63, 3.8) is 0 Å². The second kappa shape index (κ2) is 8.05. The van der Waals surface area contributed by atoms with Gasteiger partial charge >= 0.3 is 0 Å². The van der Waals surface area contributed by atoms with E-state index >= 15 is 0 Å². The molecule has 2 aromatic rings. The fourth-order valence-electron chi connectivity index (χ4n) is 3.98. The molecule has 1 saturated heterocycles. The highest BCUT2D eigenvalue weighted by molar-refractivity contribution is 7.98. The number of aromatic nitrogens is 2. The average molecular weight is 386 g/mol. The predicted octanol–water partition coefficient (Wildman–Crippen LogP) is 3.70. The lowest BCUT2D eigenvalue weighted by Gasteiger charge is -2.31. The van der Waals surface area contributed by atoms with E-state index in [9.17, 15) is 4.79 Å². The number of carbonyl (C=O) groups is 1. The molecule has 0 N–H and O–H groups in total. The predicted molar refractivity (Wildman–Crippen MR) is 107 cm³/mol. The number of amides is 1. The van der Waals surface area contributed by atoms with E-state index in [1.165, 1.54) is 18.6 Å². The fourth-order valence-corrected chi connectivity index (χ4v) is 4.99. The van der Waals surface area contributed by atoms with E-state index in [0.717, 1.165) is 37.2 Å². The lowest BCUT2D eigenvalue weighted by Crippen LogP contribution is -2.40. The van der Waals surface area contributed by atoms with Crippen molar-refractivity contribution in [2.45, 2.75) is 44.4 Å². The first-order valence-electron chi connectivity index (χ1n) is 9.81. The Morgan fingerprint density at radius 1 is 1.33 bits per heavy atom. The van der Waals surface area contributed by atoms with Crippen LogP contribution in [0.3, 0.4) is 0 Å². The molecule has 1 amide bonds. The number of nitrogens with zero attached hydrogens (tertiary/aromatic N) is 3. The Morgan fingerprint density at radius 3 is 2.89 bits per heavy atom. The van der Waals surface area contributed by atoms with Gasteiger partial charge < -0.3 is 9.42 Å². The summed E-state index contributed by atoms with van der Waals surface area (Å²) in [5.74, 6) is 3.06. The van der Waals surface area contributed by atoms with Crippen LogP contribution in [0.25, 0.3) is 0 Å². The number of carbonyl (C=O) groups excluding carboxylic acids is 1. The molecule has 2 heterocycles. The summed E-state index contributed by atoms with van der Waals surface area (Å²) in [6.07, 6.45) is 8.06. The number of benzene rings is 1. The molecule has 2 fully saturated rings. The number of thioether (sulfide) groups is 1. The monoisotopic (exact) mass is 385 g/mol. The maximum atomic E-state index is 12.7. The van der Waals surface area contributed by atoms with Gasteiger partial charge in [-0.3, -0.25) is 4.79 Å². The Bertz CT molecular complexity index is 773. The van der Waals surface area contributed by atoms with Crippen LogP contribution in [-0.4, -0.2) is 46.0 Å². The van der Waals surface area contributed by atoms with Crippen molar-refractivity contribution in [3.8, 4) is 0 Å². The van der Waals surface area contributed by atoms with Crippen molar-refractivity contribution in [3.05, 3.63) is 47.6 Å². The standard InChI is InChI=1S/C21H27N3O2S/c1-27-15-21(9-10-21)13-18-22-20(26-23-18)17-8-5-11-24(14-17)19(25)12-16-6-3-2-4-7-16/h2-4,6-7,17H,5,8-15H2,1H3. The van der Waals surface area contributed by atoms with Crippen LogP contribution in [0.4, 0.5) is 0 Å². The van der Waals surface area contributed by atoms with Gasteiger partial charge in [0.25, 0.3) is 0 Å². The van der Waals surface area contributed by atoms with E-state index in [0.29, 0.717) is 24.3 Å². The van der Waals surface area contributed by atoms with Crippen LogP contribution >= 0.6 is 11.8 Å². The molecule has 1 aromatic carbocycles. The first-order chi connectivity index (χ1) is 13.2. The van der Waals surface area contributed by atoms with Crippen LogP contribution in [0.2, 0.25) is 0 Å². The SMILES string of the molecule is CSCC1(Cc2noc(C3CCCN(C(=O)Cc4ccccc4)C3)n2)CC1.